The largest absolute Gasteiger partial charge is 0.396 e. The first kappa shape index (κ1) is 12.5. The molecule has 0 saturated carbocycles. The molecule has 2 aromatic rings. The summed E-state index contributed by atoms with van der Waals surface area (Å²) < 4.78 is 15.1. The minimum Gasteiger partial charge on any atom is -0.396 e. The zero-order valence-electron chi connectivity index (χ0n) is 10.7. The molecule has 3 rings (SSSR count). The Bertz CT molecular complexity index is 571. The maximum Gasteiger partial charge on any atom is 0.160 e. The molecule has 2 aromatic heterocycles. The Balaban J connectivity index is 1.92. The number of hydrogen-bond acceptors (Lipinski definition) is 4. The molecule has 3 heterocycles. The summed E-state index contributed by atoms with van der Waals surface area (Å²) in [7, 11) is 0. The summed E-state index contributed by atoms with van der Waals surface area (Å²) in [6, 6.07) is 3.20. The first-order valence-electron chi connectivity index (χ1n) is 6.64. The minimum absolute atomic E-state index is 0.170. The molecule has 0 aromatic carbocycles. The standard InChI is InChI=1S/C13H17FN4O/c14-10-4-5-12-15-16-13(18(12)9-10)11-3-1-6-17(11)7-2-8-19/h4-5,9,11,19H,1-3,6-8H2. The molecule has 19 heavy (non-hydrogen) atoms. The van der Waals surface area contributed by atoms with E-state index in [1.165, 1.54) is 12.3 Å². The van der Waals surface area contributed by atoms with Crippen LogP contribution in [0.4, 0.5) is 4.39 Å². The molecule has 0 amide bonds. The minimum atomic E-state index is -0.284. The number of rotatable bonds is 4. The van der Waals surface area contributed by atoms with E-state index in [4.69, 9.17) is 5.11 Å². The quantitative estimate of drug-likeness (QED) is 0.906. The van der Waals surface area contributed by atoms with Crippen LogP contribution in [-0.2, 0) is 0 Å². The molecule has 102 valence electrons. The molecule has 1 aliphatic rings. The van der Waals surface area contributed by atoms with Gasteiger partial charge in [-0.1, -0.05) is 0 Å². The van der Waals surface area contributed by atoms with Gasteiger partial charge in [0.1, 0.15) is 5.82 Å². The van der Waals surface area contributed by atoms with E-state index < -0.39 is 0 Å². The summed E-state index contributed by atoms with van der Waals surface area (Å²) >= 11 is 0. The number of aromatic nitrogens is 3. The number of aliphatic hydroxyl groups excluding tert-OH is 1. The first-order chi connectivity index (χ1) is 9.29. The van der Waals surface area contributed by atoms with Crippen molar-refractivity contribution in [2.45, 2.75) is 25.3 Å². The molecule has 1 saturated heterocycles. The van der Waals surface area contributed by atoms with Gasteiger partial charge in [0.15, 0.2) is 11.5 Å². The number of aliphatic hydroxyl groups is 1. The van der Waals surface area contributed by atoms with Crippen molar-refractivity contribution in [1.82, 2.24) is 19.5 Å². The highest BCUT2D eigenvalue weighted by molar-refractivity contribution is 5.38. The Morgan fingerprint density at radius 1 is 1.37 bits per heavy atom. The molecule has 0 radical (unpaired) electrons. The molecule has 1 N–H and O–H groups in total. The van der Waals surface area contributed by atoms with Crippen molar-refractivity contribution < 1.29 is 9.50 Å². The third-order valence-electron chi connectivity index (χ3n) is 3.66. The molecule has 1 unspecified atom stereocenters. The van der Waals surface area contributed by atoms with Gasteiger partial charge >= 0.3 is 0 Å². The van der Waals surface area contributed by atoms with E-state index in [0.717, 1.165) is 38.2 Å². The highest BCUT2D eigenvalue weighted by atomic mass is 19.1. The zero-order valence-corrected chi connectivity index (χ0v) is 10.7. The lowest BCUT2D eigenvalue weighted by atomic mass is 10.2. The smallest absolute Gasteiger partial charge is 0.160 e. The maximum atomic E-state index is 13.4. The second-order valence-electron chi connectivity index (χ2n) is 4.90. The van der Waals surface area contributed by atoms with Crippen molar-refractivity contribution in [3.8, 4) is 0 Å². The number of hydrogen-bond donors (Lipinski definition) is 1. The van der Waals surface area contributed by atoms with E-state index in [-0.39, 0.29) is 18.5 Å². The summed E-state index contributed by atoms with van der Waals surface area (Å²) in [5.74, 6) is 0.512. The predicted molar refractivity (Wildman–Crippen MR) is 68.2 cm³/mol. The van der Waals surface area contributed by atoms with E-state index in [9.17, 15) is 4.39 Å². The van der Waals surface area contributed by atoms with Crippen molar-refractivity contribution in [3.05, 3.63) is 30.0 Å². The Labute approximate surface area is 110 Å². The van der Waals surface area contributed by atoms with E-state index in [1.807, 2.05) is 0 Å². The molecule has 0 spiro atoms. The Kier molecular flexibility index (Phi) is 3.44. The van der Waals surface area contributed by atoms with Crippen LogP contribution in [0.25, 0.3) is 5.65 Å². The lowest BCUT2D eigenvalue weighted by molar-refractivity contribution is 0.208. The summed E-state index contributed by atoms with van der Waals surface area (Å²) in [5, 5.41) is 17.3. The SMILES string of the molecule is OCCCN1CCCC1c1nnc2ccc(F)cn12. The Morgan fingerprint density at radius 2 is 2.26 bits per heavy atom. The van der Waals surface area contributed by atoms with Crippen LogP contribution in [0.2, 0.25) is 0 Å². The Morgan fingerprint density at radius 3 is 3.11 bits per heavy atom. The normalized spacial score (nSPS) is 20.4. The summed E-state index contributed by atoms with van der Waals surface area (Å²) in [5.41, 5.74) is 0.672. The number of likely N-dealkylation sites (tertiary alicyclic amines) is 1. The van der Waals surface area contributed by atoms with Crippen LogP contribution in [0.15, 0.2) is 18.3 Å². The fraction of sp³-hybridized carbons (Fsp3) is 0.538. The molecular formula is C13H17FN4O. The zero-order chi connectivity index (χ0) is 13.2. The van der Waals surface area contributed by atoms with Gasteiger partial charge in [-0.2, -0.15) is 0 Å². The van der Waals surface area contributed by atoms with Crippen LogP contribution in [0.5, 0.6) is 0 Å². The summed E-state index contributed by atoms with van der Waals surface area (Å²) in [6.45, 7) is 2.03. The van der Waals surface area contributed by atoms with Crippen molar-refractivity contribution in [2.24, 2.45) is 0 Å². The van der Waals surface area contributed by atoms with Gasteiger partial charge in [0.2, 0.25) is 0 Å². The van der Waals surface area contributed by atoms with E-state index in [0.29, 0.717) is 5.65 Å². The van der Waals surface area contributed by atoms with Crippen LogP contribution in [-0.4, -0.2) is 44.3 Å². The monoisotopic (exact) mass is 264 g/mol. The molecule has 1 fully saturated rings. The maximum absolute atomic E-state index is 13.4. The fourth-order valence-corrected chi connectivity index (χ4v) is 2.77. The van der Waals surface area contributed by atoms with Crippen LogP contribution < -0.4 is 0 Å². The van der Waals surface area contributed by atoms with Crippen LogP contribution in [0.3, 0.4) is 0 Å². The van der Waals surface area contributed by atoms with Crippen LogP contribution in [0.1, 0.15) is 31.1 Å². The van der Waals surface area contributed by atoms with Gasteiger partial charge in [-0.15, -0.1) is 10.2 Å². The first-order valence-corrected chi connectivity index (χ1v) is 6.64. The third kappa shape index (κ3) is 2.33. The van der Waals surface area contributed by atoms with Gasteiger partial charge < -0.3 is 5.11 Å². The summed E-state index contributed by atoms with van der Waals surface area (Å²) in [4.78, 5) is 2.29. The molecule has 1 atom stereocenters. The van der Waals surface area contributed by atoms with E-state index in [2.05, 4.69) is 15.1 Å². The average molecular weight is 264 g/mol. The second-order valence-corrected chi connectivity index (χ2v) is 4.90. The number of nitrogens with zero attached hydrogens (tertiary/aromatic N) is 4. The molecule has 6 heteroatoms. The summed E-state index contributed by atoms with van der Waals surface area (Å²) in [6.07, 6.45) is 4.29. The lowest BCUT2D eigenvalue weighted by Gasteiger charge is -2.22. The topological polar surface area (TPSA) is 53.7 Å². The van der Waals surface area contributed by atoms with Gasteiger partial charge in [-0.25, -0.2) is 4.39 Å². The molecule has 1 aliphatic heterocycles. The van der Waals surface area contributed by atoms with Crippen molar-refractivity contribution in [2.75, 3.05) is 19.7 Å². The Hall–Kier alpha value is -1.53. The molecule has 0 aliphatic carbocycles. The fourth-order valence-electron chi connectivity index (χ4n) is 2.77. The third-order valence-corrected chi connectivity index (χ3v) is 3.66. The molecule has 5 nitrogen and oxygen atoms in total. The van der Waals surface area contributed by atoms with E-state index in [1.54, 1.807) is 10.5 Å². The van der Waals surface area contributed by atoms with Crippen LogP contribution in [0, 0.1) is 5.82 Å². The molecule has 0 bridgehead atoms. The lowest BCUT2D eigenvalue weighted by Crippen LogP contribution is -2.26. The molecular weight excluding hydrogens is 247 g/mol. The van der Waals surface area contributed by atoms with Crippen molar-refractivity contribution in [1.29, 1.82) is 0 Å². The van der Waals surface area contributed by atoms with Gasteiger partial charge in [0.05, 0.1) is 6.04 Å². The number of pyridine rings is 1. The highest BCUT2D eigenvalue weighted by Gasteiger charge is 2.29. The van der Waals surface area contributed by atoms with Gasteiger partial charge in [0.25, 0.3) is 0 Å². The van der Waals surface area contributed by atoms with Gasteiger partial charge in [-0.3, -0.25) is 9.30 Å². The number of fused-ring (bicyclic) bond motifs is 1. The highest BCUT2D eigenvalue weighted by Crippen LogP contribution is 2.30. The predicted octanol–water partition coefficient (Wildman–Crippen LogP) is 1.39. The van der Waals surface area contributed by atoms with Gasteiger partial charge in [0, 0.05) is 19.3 Å². The second kappa shape index (κ2) is 5.22. The number of halogens is 1. The average Bonchev–Trinajstić information content (AvgIpc) is 3.01. The van der Waals surface area contributed by atoms with Crippen molar-refractivity contribution >= 4 is 5.65 Å². The van der Waals surface area contributed by atoms with Gasteiger partial charge in [-0.05, 0) is 37.9 Å². The van der Waals surface area contributed by atoms with Crippen molar-refractivity contribution in [3.63, 3.8) is 0 Å². The van der Waals surface area contributed by atoms with Crippen LogP contribution >= 0.6 is 0 Å². The van der Waals surface area contributed by atoms with E-state index >= 15 is 0 Å².